The summed E-state index contributed by atoms with van der Waals surface area (Å²) in [5.74, 6) is 8.16. The van der Waals surface area contributed by atoms with Gasteiger partial charge in [-0.25, -0.2) is 17.6 Å². The number of nitrogens with one attached hydrogen (secondary N) is 5. The van der Waals surface area contributed by atoms with Gasteiger partial charge in [0, 0.05) is 185 Å². The SMILES string of the molecule is CNc1cc(F)cc2c1Cc1nc(Oc3ccc(C)nc3)nc(N3CC4CCC(CN)C4C3)c1-2.CNc1cc(F)cc2c1Cc1nc(Oc3ccc(C)nc3)nc(N3CC4C[C@@H](N)C4C3)c1-2.CNc1cc(F)cc2c1Cc1nc(Oc3ccc(C)nc3)nc(N3CC4C[C@H](N)C4C3)c1-2.CNc1cc(F)cc2c1Cc1nc(Oc3ccc(C)nc3)nc(NC3CCCCC3N)c1-2. The van der Waals surface area contributed by atoms with Gasteiger partial charge in [-0.2, -0.15) is 39.9 Å². The molecule has 23 rings (SSSR count). The Bertz CT molecular complexity index is 6150. The molecular formula is C98H106F4N24O4. The molecule has 32 heteroatoms. The summed E-state index contributed by atoms with van der Waals surface area (Å²) in [4.78, 5) is 62.3. The summed E-state index contributed by atoms with van der Waals surface area (Å²) in [6.45, 7) is 13.8. The predicted octanol–water partition coefficient (Wildman–Crippen LogP) is 15.6. The topological polar surface area (TPSA) is 366 Å². The quantitative estimate of drug-likeness (QED) is 0.0360. The molecule has 11 heterocycles. The zero-order chi connectivity index (χ0) is 89.6. The van der Waals surface area contributed by atoms with E-state index in [0.717, 1.165) is 237 Å². The first kappa shape index (κ1) is 85.1. The van der Waals surface area contributed by atoms with Crippen LogP contribution in [0.25, 0.3) is 44.5 Å². The largest absolute Gasteiger partial charge is 0.423 e. The molecule has 12 aromatic rings. The van der Waals surface area contributed by atoms with E-state index in [1.807, 2.05) is 97.4 Å². The lowest BCUT2D eigenvalue weighted by atomic mass is 9.72. The van der Waals surface area contributed by atoms with Gasteiger partial charge < -0.3 is 83.2 Å². The maximum Gasteiger partial charge on any atom is 0.324 e. The molecule has 28 nitrogen and oxygen atoms in total. The molecule has 670 valence electrons. The highest BCUT2D eigenvalue weighted by atomic mass is 19.1. The van der Waals surface area contributed by atoms with Crippen LogP contribution in [0.1, 0.15) is 119 Å². The predicted molar refractivity (Wildman–Crippen MR) is 494 cm³/mol. The summed E-state index contributed by atoms with van der Waals surface area (Å²) in [6.07, 6.45) is 17.7. The lowest BCUT2D eigenvalue weighted by Gasteiger charge is -2.36. The number of nitrogens with zero attached hydrogens (tertiary/aromatic N) is 15. The number of hydrogen-bond donors (Lipinski definition) is 9. The number of aryl methyl sites for hydroxylation is 4. The Balaban J connectivity index is 0.000000108. The summed E-state index contributed by atoms with van der Waals surface area (Å²) in [6, 6.07) is 29.2. The van der Waals surface area contributed by atoms with Crippen molar-refractivity contribution in [2.75, 3.05) is 115 Å². The molecular weight excluding hydrogens is 1650 g/mol. The van der Waals surface area contributed by atoms with Crippen molar-refractivity contribution in [3.05, 3.63) is 213 Å². The molecule has 13 N–H and O–H groups in total. The van der Waals surface area contributed by atoms with Crippen molar-refractivity contribution in [3.63, 3.8) is 0 Å². The van der Waals surface area contributed by atoms with Crippen molar-refractivity contribution in [1.82, 2.24) is 59.8 Å². The molecule has 8 aliphatic carbocycles. The van der Waals surface area contributed by atoms with Gasteiger partial charge in [0.25, 0.3) is 0 Å². The standard InChI is InChI=1S/C26H29FN6O.2C24H25FN6O.C24H27FN6O/c1-14-3-6-18(11-30-14)34-26-31-23-9-19-20(7-17(27)8-22(19)29-2)24(23)25(32-26)33-12-16-5-4-15(10-28)21(16)13-33;2*1-12-3-4-15(9-28-12)32-24-29-21-8-16-17(6-14(25)7-20(16)27-2)22(21)23(30-24)31-10-13-5-19(26)18(13)11-31;1-13-7-8-15(12-28-13)32-24-30-21-11-16-17(9-14(25)10-20(16)27-2)22(21)23(31-24)29-19-6-4-3-5-18(19)26/h3,6-8,11,15-16,21,29H,4-5,9-10,12-13,28H2,1-2H3;2*3-4,6-7,9,13,18-19,27H,5,8,10-11,26H2,1-2H3;7-10,12,18-19,27H,3-6,11,26H2,1-2H3,(H,29,30,31)/t;2*13?,18?,19-;/m.10./s1. The fraction of sp³-hybridized carbons (Fsp3) is 0.388. The first-order valence-corrected chi connectivity index (χ1v) is 45.1. The molecule has 11 aliphatic rings. The molecule has 3 aliphatic heterocycles. The zero-order valence-electron chi connectivity index (χ0n) is 74.0. The fourth-order valence-corrected chi connectivity index (χ4v) is 21.4. The zero-order valence-corrected chi connectivity index (χ0v) is 74.0. The van der Waals surface area contributed by atoms with Crippen LogP contribution in [0.2, 0.25) is 0 Å². The molecule has 130 heavy (non-hydrogen) atoms. The van der Waals surface area contributed by atoms with Crippen molar-refractivity contribution in [2.24, 2.45) is 64.4 Å². The number of anilines is 8. The number of ether oxygens (including phenoxy) is 4. The first-order valence-electron chi connectivity index (χ1n) is 45.1. The van der Waals surface area contributed by atoms with Gasteiger partial charge in [-0.05, 0) is 256 Å². The van der Waals surface area contributed by atoms with E-state index in [1.54, 1.807) is 62.2 Å². The van der Waals surface area contributed by atoms with E-state index in [1.165, 1.54) is 31.0 Å². The molecule has 0 spiro atoms. The highest BCUT2D eigenvalue weighted by Crippen LogP contribution is 2.55. The smallest absolute Gasteiger partial charge is 0.324 e. The Morgan fingerprint density at radius 1 is 0.369 bits per heavy atom. The number of rotatable bonds is 18. The molecule has 3 saturated heterocycles. The number of benzene rings is 4. The second-order valence-electron chi connectivity index (χ2n) is 36.3. The van der Waals surface area contributed by atoms with Gasteiger partial charge in [-0.15, -0.1) is 0 Å². The normalized spacial score (nSPS) is 21.8. The van der Waals surface area contributed by atoms with Crippen LogP contribution in [0.15, 0.2) is 122 Å². The number of halogens is 4. The summed E-state index contributed by atoms with van der Waals surface area (Å²) < 4.78 is 81.9. The van der Waals surface area contributed by atoms with Gasteiger partial charge in [-0.3, -0.25) is 19.9 Å². The second-order valence-corrected chi connectivity index (χ2v) is 36.3. The van der Waals surface area contributed by atoms with E-state index < -0.39 is 0 Å². The minimum atomic E-state index is -0.299. The molecule has 0 radical (unpaired) electrons. The third kappa shape index (κ3) is 16.5. The minimum absolute atomic E-state index is 0.0429. The molecule has 4 saturated carbocycles. The number of aromatic nitrogens is 12. The van der Waals surface area contributed by atoms with E-state index in [0.29, 0.717) is 102 Å². The van der Waals surface area contributed by atoms with Crippen LogP contribution in [-0.2, 0) is 25.7 Å². The highest BCUT2D eigenvalue weighted by Gasteiger charge is 2.50. The first-order chi connectivity index (χ1) is 63.0. The molecule has 11 atom stereocenters. The Morgan fingerprint density at radius 3 is 1.02 bits per heavy atom. The Labute approximate surface area is 751 Å². The van der Waals surface area contributed by atoms with Crippen molar-refractivity contribution >= 4 is 46.0 Å². The van der Waals surface area contributed by atoms with E-state index in [9.17, 15) is 17.6 Å². The van der Waals surface area contributed by atoms with Crippen molar-refractivity contribution in [1.29, 1.82) is 0 Å². The van der Waals surface area contributed by atoms with Gasteiger partial charge in [-0.1, -0.05) is 12.8 Å². The summed E-state index contributed by atoms with van der Waals surface area (Å²) in [7, 11) is 7.23. The molecule has 9 unspecified atom stereocenters. The van der Waals surface area contributed by atoms with Crippen LogP contribution in [0.3, 0.4) is 0 Å². The van der Waals surface area contributed by atoms with Crippen LogP contribution >= 0.6 is 0 Å². The van der Waals surface area contributed by atoms with E-state index in [4.69, 9.17) is 76.8 Å². The lowest BCUT2D eigenvalue weighted by Crippen LogP contribution is -2.46. The average Bonchev–Trinajstić information content (AvgIpc) is 1.60. The Kier molecular flexibility index (Phi) is 23.0. The average molecular weight is 1760 g/mol. The fourth-order valence-electron chi connectivity index (χ4n) is 21.4. The van der Waals surface area contributed by atoms with Gasteiger partial charge in [0.2, 0.25) is 0 Å². The van der Waals surface area contributed by atoms with Gasteiger partial charge >= 0.3 is 24.0 Å². The van der Waals surface area contributed by atoms with E-state index >= 15 is 0 Å². The monoisotopic (exact) mass is 1760 g/mol. The molecule has 0 amide bonds. The van der Waals surface area contributed by atoms with Gasteiger partial charge in [0.05, 0.1) is 47.6 Å². The lowest BCUT2D eigenvalue weighted by molar-refractivity contribution is 0.194. The third-order valence-corrected chi connectivity index (χ3v) is 28.1. The third-order valence-electron chi connectivity index (χ3n) is 28.1. The van der Waals surface area contributed by atoms with Crippen LogP contribution in [-0.4, -0.2) is 158 Å². The summed E-state index contributed by atoms with van der Waals surface area (Å²) >= 11 is 0. The van der Waals surface area contributed by atoms with E-state index in [-0.39, 0.29) is 65.5 Å². The Hall–Kier alpha value is -13.0. The van der Waals surface area contributed by atoms with Crippen molar-refractivity contribution in [2.45, 2.75) is 129 Å². The Morgan fingerprint density at radius 2 is 0.700 bits per heavy atom. The van der Waals surface area contributed by atoms with Crippen LogP contribution in [0, 0.1) is 92.4 Å². The number of fused-ring (bicyclic) bond motifs is 15. The van der Waals surface area contributed by atoms with Crippen molar-refractivity contribution in [3.8, 4) is 91.5 Å². The minimum Gasteiger partial charge on any atom is -0.423 e. The van der Waals surface area contributed by atoms with Crippen LogP contribution in [0.4, 0.5) is 63.6 Å². The second kappa shape index (κ2) is 35.1. The number of hydrogen-bond acceptors (Lipinski definition) is 28. The van der Waals surface area contributed by atoms with Gasteiger partial charge in [0.1, 0.15) is 69.5 Å². The number of nitrogens with two attached hydrogens (primary N) is 4. The molecule has 8 aromatic heterocycles. The van der Waals surface area contributed by atoms with Crippen molar-refractivity contribution < 1.29 is 36.5 Å². The van der Waals surface area contributed by atoms with Crippen LogP contribution in [0.5, 0.6) is 47.0 Å². The van der Waals surface area contributed by atoms with E-state index in [2.05, 4.69) is 66.2 Å². The van der Waals surface area contributed by atoms with Gasteiger partial charge in [0.15, 0.2) is 0 Å². The summed E-state index contributed by atoms with van der Waals surface area (Å²) in [5, 5.41) is 16.0. The maximum atomic E-state index is 14.6. The number of pyridine rings is 4. The molecule has 7 fully saturated rings. The van der Waals surface area contributed by atoms with Crippen LogP contribution < -0.4 is 83.2 Å². The maximum absolute atomic E-state index is 14.6. The molecule has 0 bridgehead atoms. The summed E-state index contributed by atoms with van der Waals surface area (Å²) in [5.41, 5.74) is 46.1. The highest BCUT2D eigenvalue weighted by molar-refractivity contribution is 5.92. The molecule has 4 aromatic carbocycles.